The fourth-order valence-corrected chi connectivity index (χ4v) is 7.10. The van der Waals surface area contributed by atoms with E-state index in [2.05, 4.69) is 104 Å². The minimum Gasteiger partial charge on any atom is -0.258 e. The van der Waals surface area contributed by atoms with Gasteiger partial charge in [0.2, 0.25) is 0 Å². The maximum absolute atomic E-state index is 5.09. The topological polar surface area (TPSA) is 51.6 Å². The van der Waals surface area contributed by atoms with Gasteiger partial charge in [-0.2, -0.15) is 0 Å². The molecular formula is C46H32N4. The summed E-state index contributed by atoms with van der Waals surface area (Å²) in [6.07, 6.45) is 0. The first kappa shape index (κ1) is 29.6. The molecule has 0 bridgehead atoms. The molecule has 0 aliphatic carbocycles. The Balaban J connectivity index is 1.30. The van der Waals surface area contributed by atoms with Crippen LogP contribution in [0.15, 0.2) is 158 Å². The number of fused-ring (bicyclic) bond motifs is 6. The summed E-state index contributed by atoms with van der Waals surface area (Å²) in [5.41, 5.74) is 9.12. The number of benzene rings is 7. The van der Waals surface area contributed by atoms with Gasteiger partial charge in [-0.25, -0.2) is 15.0 Å². The molecule has 50 heavy (non-hydrogen) atoms. The van der Waals surface area contributed by atoms with Crippen LogP contribution in [0.2, 0.25) is 0 Å². The van der Waals surface area contributed by atoms with Gasteiger partial charge in [0.15, 0.2) is 17.5 Å². The molecule has 0 unspecified atom stereocenters. The fraction of sp³-hybridized carbons (Fsp3) is 0.0435. The van der Waals surface area contributed by atoms with Gasteiger partial charge in [0.1, 0.15) is 0 Å². The third-order valence-corrected chi connectivity index (χ3v) is 9.50. The van der Waals surface area contributed by atoms with Gasteiger partial charge >= 0.3 is 0 Å². The Morgan fingerprint density at radius 1 is 0.300 bits per heavy atom. The number of rotatable bonds is 5. The summed E-state index contributed by atoms with van der Waals surface area (Å²) >= 11 is 0. The Labute approximate surface area is 290 Å². The number of hydrogen-bond donors (Lipinski definition) is 0. The molecule has 0 atom stereocenters. The van der Waals surface area contributed by atoms with Crippen molar-refractivity contribution in [3.63, 3.8) is 0 Å². The zero-order valence-corrected chi connectivity index (χ0v) is 27.8. The van der Waals surface area contributed by atoms with Crippen molar-refractivity contribution in [3.8, 4) is 56.4 Å². The maximum atomic E-state index is 5.09. The first-order valence-corrected chi connectivity index (χ1v) is 16.9. The molecule has 9 rings (SSSR count). The zero-order valence-electron chi connectivity index (χ0n) is 27.8. The highest BCUT2D eigenvalue weighted by Crippen LogP contribution is 2.39. The molecule has 236 valence electrons. The molecule has 0 saturated heterocycles. The van der Waals surface area contributed by atoms with Crippen LogP contribution in [0.4, 0.5) is 0 Å². The van der Waals surface area contributed by atoms with E-state index >= 15 is 0 Å². The van der Waals surface area contributed by atoms with Crippen molar-refractivity contribution in [3.05, 3.63) is 169 Å². The smallest absolute Gasteiger partial charge is 0.164 e. The molecule has 7 aromatic carbocycles. The minimum absolute atomic E-state index is 0.621. The molecule has 0 saturated carbocycles. The molecule has 2 heterocycles. The fourth-order valence-electron chi connectivity index (χ4n) is 7.10. The third kappa shape index (κ3) is 5.28. The summed E-state index contributed by atoms with van der Waals surface area (Å²) < 4.78 is 0. The summed E-state index contributed by atoms with van der Waals surface area (Å²) in [5, 5.41) is 7.51. The molecule has 4 heteroatoms. The van der Waals surface area contributed by atoms with E-state index in [1.54, 1.807) is 0 Å². The third-order valence-electron chi connectivity index (χ3n) is 9.50. The SMILES string of the molecule is Cc1ccc(-c2cc(-c3ccc4c5ccccc5c5ccccc5c4c3)cc(-c3nc(-c4ccccc4)nc(-c4ccccc4)n3)c2)c(C)n1. The van der Waals surface area contributed by atoms with Crippen molar-refractivity contribution >= 4 is 32.3 Å². The molecule has 0 aliphatic heterocycles. The van der Waals surface area contributed by atoms with Gasteiger partial charge in [0.05, 0.1) is 0 Å². The highest BCUT2D eigenvalue weighted by molar-refractivity contribution is 6.25. The average molecular weight is 641 g/mol. The molecule has 0 N–H and O–H groups in total. The van der Waals surface area contributed by atoms with E-state index in [4.69, 9.17) is 19.9 Å². The average Bonchev–Trinajstić information content (AvgIpc) is 3.18. The molecule has 0 fully saturated rings. The van der Waals surface area contributed by atoms with E-state index in [1.807, 2.05) is 67.6 Å². The van der Waals surface area contributed by atoms with Crippen molar-refractivity contribution in [1.82, 2.24) is 19.9 Å². The number of aryl methyl sites for hydroxylation is 2. The molecule has 0 aliphatic rings. The molecule has 4 nitrogen and oxygen atoms in total. The molecule has 0 radical (unpaired) electrons. The second kappa shape index (κ2) is 12.2. The predicted molar refractivity (Wildman–Crippen MR) is 207 cm³/mol. The number of hydrogen-bond acceptors (Lipinski definition) is 4. The Bertz CT molecular complexity index is 2630. The lowest BCUT2D eigenvalue weighted by Gasteiger charge is -2.15. The van der Waals surface area contributed by atoms with E-state index in [1.165, 1.54) is 32.3 Å². The Morgan fingerprint density at radius 3 is 1.32 bits per heavy atom. The van der Waals surface area contributed by atoms with E-state index < -0.39 is 0 Å². The van der Waals surface area contributed by atoms with E-state index in [9.17, 15) is 0 Å². The van der Waals surface area contributed by atoms with Crippen LogP contribution in [-0.2, 0) is 0 Å². The monoisotopic (exact) mass is 640 g/mol. The van der Waals surface area contributed by atoms with Gasteiger partial charge in [-0.1, -0.05) is 127 Å². The largest absolute Gasteiger partial charge is 0.258 e. The van der Waals surface area contributed by atoms with Crippen LogP contribution >= 0.6 is 0 Å². The highest BCUT2D eigenvalue weighted by atomic mass is 15.0. The molecule has 9 aromatic rings. The Kier molecular flexibility index (Phi) is 7.21. The van der Waals surface area contributed by atoms with Crippen molar-refractivity contribution in [2.24, 2.45) is 0 Å². The van der Waals surface area contributed by atoms with Crippen LogP contribution in [0.3, 0.4) is 0 Å². The van der Waals surface area contributed by atoms with Crippen LogP contribution < -0.4 is 0 Å². The summed E-state index contributed by atoms with van der Waals surface area (Å²) in [6.45, 7) is 4.11. The number of pyridine rings is 1. The molecular weight excluding hydrogens is 609 g/mol. The second-order valence-electron chi connectivity index (χ2n) is 12.8. The molecule has 0 amide bonds. The van der Waals surface area contributed by atoms with Crippen LogP contribution in [0.25, 0.3) is 88.7 Å². The zero-order chi connectivity index (χ0) is 33.6. The van der Waals surface area contributed by atoms with Crippen molar-refractivity contribution in [1.29, 1.82) is 0 Å². The van der Waals surface area contributed by atoms with Gasteiger partial charge in [0.25, 0.3) is 0 Å². The standard InChI is InChI=1S/C46H32N4/c1-29-21-23-37(30(2)47-29)35-25-34(33-22-24-42-40-19-10-9-17-38(40)39-18-11-12-20-41(39)43(42)28-33)26-36(27-35)46-49-44(31-13-5-3-6-14-31)48-45(50-46)32-15-7-4-8-16-32/h3-28H,1-2H3. The van der Waals surface area contributed by atoms with Gasteiger partial charge in [-0.15, -0.1) is 0 Å². The second-order valence-corrected chi connectivity index (χ2v) is 12.8. The van der Waals surface area contributed by atoms with Gasteiger partial charge < -0.3 is 0 Å². The molecule has 0 spiro atoms. The van der Waals surface area contributed by atoms with Crippen LogP contribution in [0.1, 0.15) is 11.4 Å². The normalized spacial score (nSPS) is 11.4. The summed E-state index contributed by atoms with van der Waals surface area (Å²) in [4.78, 5) is 20.0. The van der Waals surface area contributed by atoms with Gasteiger partial charge in [-0.05, 0) is 93.2 Å². The predicted octanol–water partition coefficient (Wildman–Crippen LogP) is 11.7. The Hall–Kier alpha value is -6.52. The lowest BCUT2D eigenvalue weighted by molar-refractivity contribution is 1.07. The summed E-state index contributed by atoms with van der Waals surface area (Å²) in [6, 6.07) is 55.4. The number of aromatic nitrogens is 4. The van der Waals surface area contributed by atoms with Crippen molar-refractivity contribution in [2.75, 3.05) is 0 Å². The number of nitrogens with zero attached hydrogens (tertiary/aromatic N) is 4. The van der Waals surface area contributed by atoms with E-state index in [0.717, 1.165) is 50.3 Å². The van der Waals surface area contributed by atoms with Gasteiger partial charge in [0, 0.05) is 33.6 Å². The Morgan fingerprint density at radius 2 is 0.760 bits per heavy atom. The van der Waals surface area contributed by atoms with E-state index in [0.29, 0.717) is 17.5 Å². The lowest BCUT2D eigenvalue weighted by Crippen LogP contribution is -2.00. The quantitative estimate of drug-likeness (QED) is 0.176. The maximum Gasteiger partial charge on any atom is 0.164 e. The lowest BCUT2D eigenvalue weighted by atomic mass is 9.90. The highest BCUT2D eigenvalue weighted by Gasteiger charge is 2.17. The van der Waals surface area contributed by atoms with Crippen molar-refractivity contribution in [2.45, 2.75) is 13.8 Å². The molecule has 2 aromatic heterocycles. The van der Waals surface area contributed by atoms with Gasteiger partial charge in [-0.3, -0.25) is 4.98 Å². The van der Waals surface area contributed by atoms with E-state index in [-0.39, 0.29) is 0 Å². The van der Waals surface area contributed by atoms with Crippen LogP contribution in [-0.4, -0.2) is 19.9 Å². The minimum atomic E-state index is 0.621. The first-order chi connectivity index (χ1) is 24.6. The van der Waals surface area contributed by atoms with Crippen molar-refractivity contribution < 1.29 is 0 Å². The summed E-state index contributed by atoms with van der Waals surface area (Å²) in [7, 11) is 0. The van der Waals surface area contributed by atoms with Crippen LogP contribution in [0, 0.1) is 13.8 Å². The summed E-state index contributed by atoms with van der Waals surface area (Å²) in [5.74, 6) is 1.90. The van der Waals surface area contributed by atoms with Crippen LogP contribution in [0.5, 0.6) is 0 Å². The first-order valence-electron chi connectivity index (χ1n) is 16.9.